The summed E-state index contributed by atoms with van der Waals surface area (Å²) in [7, 11) is 0. The Balaban J connectivity index is 1.94. The number of benzene rings is 1. The van der Waals surface area contributed by atoms with Gasteiger partial charge in [0.1, 0.15) is 0 Å². The van der Waals surface area contributed by atoms with E-state index in [0.717, 1.165) is 4.88 Å². The number of nitro groups is 1. The zero-order valence-corrected chi connectivity index (χ0v) is 13.3. The Morgan fingerprint density at radius 1 is 1.10 bits per heavy atom. The van der Waals surface area contributed by atoms with Crippen LogP contribution in [-0.4, -0.2) is 4.92 Å². The number of rotatable bonds is 6. The molecule has 1 unspecified atom stereocenters. The van der Waals surface area contributed by atoms with Crippen LogP contribution in [0.5, 0.6) is 0 Å². The highest BCUT2D eigenvalue weighted by atomic mass is 32.1. The zero-order valence-electron chi connectivity index (χ0n) is 12.5. The maximum Gasteiger partial charge on any atom is 0.324 e. The summed E-state index contributed by atoms with van der Waals surface area (Å²) in [4.78, 5) is 11.3. The first-order valence-electron chi connectivity index (χ1n) is 7.03. The Hall–Kier alpha value is -1.72. The number of thiophene rings is 1. The molecule has 0 aliphatic rings. The van der Waals surface area contributed by atoms with Crippen molar-refractivity contribution in [3.05, 3.63) is 62.5 Å². The van der Waals surface area contributed by atoms with Gasteiger partial charge in [-0.3, -0.25) is 10.1 Å². The second kappa shape index (κ2) is 6.83. The van der Waals surface area contributed by atoms with Crippen molar-refractivity contribution in [1.82, 2.24) is 5.32 Å². The van der Waals surface area contributed by atoms with Crippen LogP contribution in [0.15, 0.2) is 36.4 Å². The standard InChI is InChI=1S/C16H20N2O2S/c1-11(2)13-4-6-14(7-5-13)12(3)17-10-15-8-9-16(21-15)18(19)20/h4-9,11-12,17H,10H2,1-3H3. The molecule has 112 valence electrons. The molecule has 0 spiro atoms. The number of nitrogens with zero attached hydrogens (tertiary/aromatic N) is 1. The molecule has 4 nitrogen and oxygen atoms in total. The molecule has 0 aliphatic heterocycles. The third-order valence-electron chi connectivity index (χ3n) is 3.51. The lowest BCUT2D eigenvalue weighted by Crippen LogP contribution is -2.17. The van der Waals surface area contributed by atoms with E-state index in [1.54, 1.807) is 6.07 Å². The number of nitrogens with one attached hydrogen (secondary N) is 1. The minimum atomic E-state index is -0.345. The highest BCUT2D eigenvalue weighted by Crippen LogP contribution is 2.25. The van der Waals surface area contributed by atoms with Crippen molar-refractivity contribution in [2.45, 2.75) is 39.3 Å². The number of hydrogen-bond donors (Lipinski definition) is 1. The largest absolute Gasteiger partial charge is 0.324 e. The summed E-state index contributed by atoms with van der Waals surface area (Å²) >= 11 is 1.22. The van der Waals surface area contributed by atoms with Crippen molar-refractivity contribution in [2.75, 3.05) is 0 Å². The molecule has 0 radical (unpaired) electrons. The normalized spacial score (nSPS) is 12.6. The van der Waals surface area contributed by atoms with Crippen LogP contribution in [0.1, 0.15) is 48.7 Å². The van der Waals surface area contributed by atoms with Crippen molar-refractivity contribution in [3.8, 4) is 0 Å². The van der Waals surface area contributed by atoms with E-state index in [1.165, 1.54) is 22.5 Å². The van der Waals surface area contributed by atoms with E-state index < -0.39 is 0 Å². The zero-order chi connectivity index (χ0) is 15.4. The topological polar surface area (TPSA) is 55.2 Å². The lowest BCUT2D eigenvalue weighted by atomic mass is 9.99. The van der Waals surface area contributed by atoms with Crippen LogP contribution >= 0.6 is 11.3 Å². The van der Waals surface area contributed by atoms with Gasteiger partial charge in [-0.05, 0) is 30.0 Å². The van der Waals surface area contributed by atoms with Crippen LogP contribution < -0.4 is 5.32 Å². The molecule has 0 aliphatic carbocycles. The second-order valence-corrected chi connectivity index (χ2v) is 6.57. The molecular formula is C16H20N2O2S. The fourth-order valence-electron chi connectivity index (χ4n) is 2.10. The molecule has 1 N–H and O–H groups in total. The van der Waals surface area contributed by atoms with Crippen LogP contribution in [0.4, 0.5) is 5.00 Å². The second-order valence-electron chi connectivity index (χ2n) is 5.42. The SMILES string of the molecule is CC(C)c1ccc(C(C)NCc2ccc([N+](=O)[O-])s2)cc1. The van der Waals surface area contributed by atoms with Gasteiger partial charge < -0.3 is 5.32 Å². The first-order chi connectivity index (χ1) is 9.97. The lowest BCUT2D eigenvalue weighted by molar-refractivity contribution is -0.380. The summed E-state index contributed by atoms with van der Waals surface area (Å²) < 4.78 is 0. The van der Waals surface area contributed by atoms with Gasteiger partial charge in [0, 0.05) is 23.5 Å². The van der Waals surface area contributed by atoms with Crippen molar-refractivity contribution in [3.63, 3.8) is 0 Å². The molecule has 0 amide bonds. The molecule has 21 heavy (non-hydrogen) atoms. The van der Waals surface area contributed by atoms with Crippen molar-refractivity contribution < 1.29 is 4.92 Å². The summed E-state index contributed by atoms with van der Waals surface area (Å²) in [6, 6.07) is 12.2. The molecule has 2 rings (SSSR count). The van der Waals surface area contributed by atoms with E-state index in [2.05, 4.69) is 50.4 Å². The van der Waals surface area contributed by atoms with E-state index in [0.29, 0.717) is 12.5 Å². The van der Waals surface area contributed by atoms with Crippen molar-refractivity contribution >= 4 is 16.3 Å². The van der Waals surface area contributed by atoms with Crippen LogP contribution in [-0.2, 0) is 6.54 Å². The first kappa shape index (κ1) is 15.7. The third-order valence-corrected chi connectivity index (χ3v) is 4.55. The minimum absolute atomic E-state index is 0.195. The number of hydrogen-bond acceptors (Lipinski definition) is 4. The lowest BCUT2D eigenvalue weighted by Gasteiger charge is -2.15. The molecule has 1 aromatic heterocycles. The van der Waals surface area contributed by atoms with Crippen molar-refractivity contribution in [2.24, 2.45) is 0 Å². The molecule has 2 aromatic rings. The predicted molar refractivity (Wildman–Crippen MR) is 86.8 cm³/mol. The van der Waals surface area contributed by atoms with Gasteiger partial charge in [0.15, 0.2) is 0 Å². The van der Waals surface area contributed by atoms with Gasteiger partial charge in [0.05, 0.1) is 4.92 Å². The van der Waals surface area contributed by atoms with Crippen LogP contribution in [0.3, 0.4) is 0 Å². The molecule has 5 heteroatoms. The molecule has 0 saturated carbocycles. The Morgan fingerprint density at radius 2 is 1.71 bits per heavy atom. The first-order valence-corrected chi connectivity index (χ1v) is 7.85. The van der Waals surface area contributed by atoms with Crippen LogP contribution in [0, 0.1) is 10.1 Å². The van der Waals surface area contributed by atoms with E-state index in [1.807, 2.05) is 6.07 Å². The van der Waals surface area contributed by atoms with Gasteiger partial charge in [-0.2, -0.15) is 0 Å². The highest BCUT2D eigenvalue weighted by molar-refractivity contribution is 7.15. The Bertz CT molecular complexity index is 605. The average Bonchev–Trinajstić information content (AvgIpc) is 2.94. The Kier molecular flexibility index (Phi) is 5.09. The van der Waals surface area contributed by atoms with Gasteiger partial charge >= 0.3 is 5.00 Å². The molecule has 1 atom stereocenters. The monoisotopic (exact) mass is 304 g/mol. The summed E-state index contributed by atoms with van der Waals surface area (Å²) in [6.45, 7) is 7.11. The molecular weight excluding hydrogens is 284 g/mol. The fourth-order valence-corrected chi connectivity index (χ4v) is 2.87. The Labute approximate surface area is 129 Å². The third kappa shape index (κ3) is 4.12. The summed E-state index contributed by atoms with van der Waals surface area (Å²) in [5, 5.41) is 14.3. The van der Waals surface area contributed by atoms with E-state index in [9.17, 15) is 10.1 Å². The minimum Gasteiger partial charge on any atom is -0.305 e. The maximum atomic E-state index is 10.7. The smallest absolute Gasteiger partial charge is 0.305 e. The van der Waals surface area contributed by atoms with Crippen molar-refractivity contribution in [1.29, 1.82) is 0 Å². The fraction of sp³-hybridized carbons (Fsp3) is 0.375. The summed E-state index contributed by atoms with van der Waals surface area (Å²) in [5.74, 6) is 0.536. The Morgan fingerprint density at radius 3 is 2.24 bits per heavy atom. The molecule has 1 aromatic carbocycles. The predicted octanol–water partition coefficient (Wildman–Crippen LogP) is 4.63. The molecule has 1 heterocycles. The van der Waals surface area contributed by atoms with Gasteiger partial charge in [-0.15, -0.1) is 0 Å². The summed E-state index contributed by atoms with van der Waals surface area (Å²) in [6.07, 6.45) is 0. The van der Waals surface area contributed by atoms with Gasteiger partial charge in [-0.1, -0.05) is 49.4 Å². The van der Waals surface area contributed by atoms with Crippen LogP contribution in [0.2, 0.25) is 0 Å². The molecule has 0 saturated heterocycles. The molecule has 0 bridgehead atoms. The summed E-state index contributed by atoms with van der Waals surface area (Å²) in [5.41, 5.74) is 2.56. The maximum absolute atomic E-state index is 10.7. The van der Waals surface area contributed by atoms with E-state index in [-0.39, 0.29) is 16.0 Å². The van der Waals surface area contributed by atoms with E-state index >= 15 is 0 Å². The highest BCUT2D eigenvalue weighted by Gasteiger charge is 2.11. The molecule has 0 fully saturated rings. The van der Waals surface area contributed by atoms with Crippen LogP contribution in [0.25, 0.3) is 0 Å². The van der Waals surface area contributed by atoms with E-state index in [4.69, 9.17) is 0 Å². The van der Waals surface area contributed by atoms with Gasteiger partial charge in [-0.25, -0.2) is 0 Å². The van der Waals surface area contributed by atoms with Gasteiger partial charge in [0.2, 0.25) is 0 Å². The van der Waals surface area contributed by atoms with Gasteiger partial charge in [0.25, 0.3) is 0 Å². The quantitative estimate of drug-likeness (QED) is 0.625. The average molecular weight is 304 g/mol.